The molecule has 2 aromatic carbocycles. The number of halogens is 2. The average molecular weight is 374 g/mol. The van der Waals surface area contributed by atoms with Crippen LogP contribution in [0.4, 0.5) is 10.4 Å². The minimum absolute atomic E-state index is 0.0460. The number of hydrogen-bond donors (Lipinski definition) is 0. The van der Waals surface area contributed by atoms with E-state index in [9.17, 15) is 9.18 Å². The van der Waals surface area contributed by atoms with E-state index in [1.165, 1.54) is 12.1 Å². The van der Waals surface area contributed by atoms with Crippen molar-refractivity contribution in [1.29, 1.82) is 0 Å². The molecular formula is C19H17ClFN3O2. The molecule has 7 heteroatoms. The molecule has 2 heterocycles. The van der Waals surface area contributed by atoms with E-state index in [0.717, 1.165) is 30.1 Å². The summed E-state index contributed by atoms with van der Waals surface area (Å²) in [6, 6.07) is 12.3. The molecule has 0 N–H and O–H groups in total. The molecule has 0 atom stereocenters. The van der Waals surface area contributed by atoms with Crippen LogP contribution in [0.3, 0.4) is 0 Å². The first-order chi connectivity index (χ1) is 12.6. The molecular weight excluding hydrogens is 357 g/mol. The standard InChI is InChI=1S/C19H17ClFN3O2/c20-13-6-7-14(15(21)12-13)18(25)23-8-3-9-24(11-10-23)19-22-16-4-1-2-5-17(16)26-19/h1-2,4-7,12H,3,8-11H2. The van der Waals surface area contributed by atoms with Crippen molar-refractivity contribution in [1.82, 2.24) is 9.88 Å². The van der Waals surface area contributed by atoms with Crippen LogP contribution in [0.25, 0.3) is 11.1 Å². The Morgan fingerprint density at radius 2 is 1.96 bits per heavy atom. The predicted octanol–water partition coefficient (Wildman–Crippen LogP) is 3.97. The Hall–Kier alpha value is -2.60. The topological polar surface area (TPSA) is 49.6 Å². The smallest absolute Gasteiger partial charge is 0.298 e. The fourth-order valence-electron chi connectivity index (χ4n) is 3.14. The van der Waals surface area contributed by atoms with Crippen LogP contribution in [0.1, 0.15) is 16.8 Å². The highest BCUT2D eigenvalue weighted by molar-refractivity contribution is 6.30. The predicted molar refractivity (Wildman–Crippen MR) is 98.2 cm³/mol. The number of anilines is 1. The summed E-state index contributed by atoms with van der Waals surface area (Å²) in [5.74, 6) is -0.916. The van der Waals surface area contributed by atoms with Crippen LogP contribution in [-0.4, -0.2) is 42.0 Å². The Kier molecular flexibility index (Phi) is 4.51. The number of oxazole rings is 1. The summed E-state index contributed by atoms with van der Waals surface area (Å²) in [4.78, 5) is 20.8. The van der Waals surface area contributed by atoms with Gasteiger partial charge >= 0.3 is 0 Å². The summed E-state index contributed by atoms with van der Waals surface area (Å²) in [7, 11) is 0. The third kappa shape index (κ3) is 3.24. The molecule has 1 aliphatic heterocycles. The Morgan fingerprint density at radius 3 is 2.77 bits per heavy atom. The molecule has 0 bridgehead atoms. The lowest BCUT2D eigenvalue weighted by Crippen LogP contribution is -2.35. The first kappa shape index (κ1) is 16.8. The molecule has 1 saturated heterocycles. The van der Waals surface area contributed by atoms with Crippen molar-refractivity contribution < 1.29 is 13.6 Å². The second-order valence-corrected chi connectivity index (χ2v) is 6.66. The number of fused-ring (bicyclic) bond motifs is 1. The number of para-hydroxylation sites is 2. The van der Waals surface area contributed by atoms with E-state index in [2.05, 4.69) is 4.98 Å². The highest BCUT2D eigenvalue weighted by Gasteiger charge is 2.24. The molecule has 5 nitrogen and oxygen atoms in total. The number of aromatic nitrogens is 1. The molecule has 4 rings (SSSR count). The van der Waals surface area contributed by atoms with E-state index in [1.54, 1.807) is 4.90 Å². The Morgan fingerprint density at radius 1 is 1.12 bits per heavy atom. The van der Waals surface area contributed by atoms with Gasteiger partial charge in [-0.25, -0.2) is 4.39 Å². The zero-order valence-corrected chi connectivity index (χ0v) is 14.7. The fourth-order valence-corrected chi connectivity index (χ4v) is 3.30. The zero-order chi connectivity index (χ0) is 18.1. The molecule has 3 aromatic rings. The van der Waals surface area contributed by atoms with Gasteiger partial charge in [-0.1, -0.05) is 23.7 Å². The minimum Gasteiger partial charge on any atom is -0.423 e. The molecule has 26 heavy (non-hydrogen) atoms. The third-order valence-corrected chi connectivity index (χ3v) is 4.73. The van der Waals surface area contributed by atoms with Gasteiger partial charge in [0.2, 0.25) is 0 Å². The number of amides is 1. The Bertz CT molecular complexity index is 926. The van der Waals surface area contributed by atoms with E-state index < -0.39 is 5.82 Å². The van der Waals surface area contributed by atoms with Gasteiger partial charge in [0.1, 0.15) is 11.3 Å². The van der Waals surface area contributed by atoms with E-state index in [-0.39, 0.29) is 16.5 Å². The molecule has 0 saturated carbocycles. The van der Waals surface area contributed by atoms with Crippen molar-refractivity contribution in [2.24, 2.45) is 0 Å². The van der Waals surface area contributed by atoms with Crippen molar-refractivity contribution in [3.05, 3.63) is 58.9 Å². The summed E-state index contributed by atoms with van der Waals surface area (Å²) in [6.07, 6.45) is 0.750. The molecule has 134 valence electrons. The van der Waals surface area contributed by atoms with Gasteiger partial charge in [0.25, 0.3) is 11.9 Å². The fraction of sp³-hybridized carbons (Fsp3) is 0.263. The van der Waals surface area contributed by atoms with Gasteiger partial charge in [0, 0.05) is 31.2 Å². The van der Waals surface area contributed by atoms with E-state index in [1.807, 2.05) is 29.2 Å². The molecule has 0 spiro atoms. The molecule has 0 radical (unpaired) electrons. The maximum absolute atomic E-state index is 14.0. The van der Waals surface area contributed by atoms with Gasteiger partial charge in [0.05, 0.1) is 5.56 Å². The molecule has 1 fully saturated rings. The van der Waals surface area contributed by atoms with Crippen LogP contribution < -0.4 is 4.90 Å². The lowest BCUT2D eigenvalue weighted by molar-refractivity contribution is 0.0762. The summed E-state index contributed by atoms with van der Waals surface area (Å²) in [6.45, 7) is 2.32. The van der Waals surface area contributed by atoms with Crippen LogP contribution in [0.2, 0.25) is 5.02 Å². The minimum atomic E-state index is -0.595. The summed E-state index contributed by atoms with van der Waals surface area (Å²) in [5.41, 5.74) is 1.59. The molecule has 1 aliphatic rings. The zero-order valence-electron chi connectivity index (χ0n) is 14.0. The van der Waals surface area contributed by atoms with Crippen molar-refractivity contribution in [3.63, 3.8) is 0 Å². The number of carbonyl (C=O) groups is 1. The second kappa shape index (κ2) is 6.96. The number of nitrogens with zero attached hydrogens (tertiary/aromatic N) is 3. The maximum atomic E-state index is 14.0. The summed E-state index contributed by atoms with van der Waals surface area (Å²) >= 11 is 5.77. The summed E-state index contributed by atoms with van der Waals surface area (Å²) < 4.78 is 19.9. The van der Waals surface area contributed by atoms with E-state index >= 15 is 0 Å². The number of rotatable bonds is 2. The van der Waals surface area contributed by atoms with Crippen molar-refractivity contribution in [2.75, 3.05) is 31.1 Å². The quantitative estimate of drug-likeness (QED) is 0.682. The lowest BCUT2D eigenvalue weighted by atomic mass is 10.2. The van der Waals surface area contributed by atoms with Gasteiger partial charge in [-0.2, -0.15) is 4.98 Å². The number of carbonyl (C=O) groups excluding carboxylic acids is 1. The highest BCUT2D eigenvalue weighted by Crippen LogP contribution is 2.23. The Labute approximate surface area is 155 Å². The van der Waals surface area contributed by atoms with Gasteiger partial charge < -0.3 is 14.2 Å². The largest absolute Gasteiger partial charge is 0.423 e. The molecule has 1 aromatic heterocycles. The lowest BCUT2D eigenvalue weighted by Gasteiger charge is -2.21. The van der Waals surface area contributed by atoms with Crippen LogP contribution in [-0.2, 0) is 0 Å². The molecule has 0 aliphatic carbocycles. The SMILES string of the molecule is O=C(c1ccc(Cl)cc1F)N1CCCN(c2nc3ccccc3o2)CC1. The van der Waals surface area contributed by atoms with Crippen molar-refractivity contribution in [3.8, 4) is 0 Å². The second-order valence-electron chi connectivity index (χ2n) is 6.22. The van der Waals surface area contributed by atoms with Crippen LogP contribution in [0, 0.1) is 5.82 Å². The van der Waals surface area contributed by atoms with Crippen LogP contribution >= 0.6 is 11.6 Å². The van der Waals surface area contributed by atoms with Gasteiger partial charge in [0.15, 0.2) is 5.58 Å². The van der Waals surface area contributed by atoms with E-state index in [0.29, 0.717) is 25.6 Å². The summed E-state index contributed by atoms with van der Waals surface area (Å²) in [5, 5.41) is 0.275. The van der Waals surface area contributed by atoms with Gasteiger partial charge in [-0.15, -0.1) is 0 Å². The van der Waals surface area contributed by atoms with Crippen molar-refractivity contribution in [2.45, 2.75) is 6.42 Å². The average Bonchev–Trinajstić information content (AvgIpc) is 2.90. The first-order valence-corrected chi connectivity index (χ1v) is 8.84. The Balaban J connectivity index is 1.50. The van der Waals surface area contributed by atoms with Crippen LogP contribution in [0.15, 0.2) is 46.9 Å². The highest BCUT2D eigenvalue weighted by atomic mass is 35.5. The van der Waals surface area contributed by atoms with Gasteiger partial charge in [-0.05, 0) is 36.8 Å². The molecule has 0 unspecified atom stereocenters. The maximum Gasteiger partial charge on any atom is 0.298 e. The van der Waals surface area contributed by atoms with Gasteiger partial charge in [-0.3, -0.25) is 4.79 Å². The van der Waals surface area contributed by atoms with E-state index in [4.69, 9.17) is 16.0 Å². The third-order valence-electron chi connectivity index (χ3n) is 4.50. The van der Waals surface area contributed by atoms with Crippen molar-refractivity contribution >= 4 is 34.6 Å². The normalized spacial score (nSPS) is 15.3. The first-order valence-electron chi connectivity index (χ1n) is 8.47. The monoisotopic (exact) mass is 373 g/mol. The van der Waals surface area contributed by atoms with Crippen LogP contribution in [0.5, 0.6) is 0 Å². The number of benzene rings is 2. The molecule has 1 amide bonds. The number of hydrogen-bond acceptors (Lipinski definition) is 4.